The SMILES string of the molecule is CCC(=O)NCc1cc2n(n1)CCN(c1cc(OC(C)C)nc(N)n1)C2. The van der Waals surface area contributed by atoms with Crippen LogP contribution in [0.2, 0.25) is 0 Å². The van der Waals surface area contributed by atoms with Gasteiger partial charge in [-0.1, -0.05) is 6.92 Å². The van der Waals surface area contributed by atoms with Gasteiger partial charge in [-0.15, -0.1) is 0 Å². The summed E-state index contributed by atoms with van der Waals surface area (Å²) in [4.78, 5) is 22.0. The second-order valence-corrected chi connectivity index (χ2v) is 6.49. The lowest BCUT2D eigenvalue weighted by Crippen LogP contribution is -2.34. The summed E-state index contributed by atoms with van der Waals surface area (Å²) in [6.07, 6.45) is 0.484. The number of nitrogens with two attached hydrogens (primary N) is 1. The number of nitrogens with zero attached hydrogens (tertiary/aromatic N) is 5. The normalized spacial score (nSPS) is 13.6. The zero-order chi connectivity index (χ0) is 18.7. The molecule has 140 valence electrons. The Hall–Kier alpha value is -2.84. The van der Waals surface area contributed by atoms with Gasteiger partial charge in [0, 0.05) is 19.0 Å². The summed E-state index contributed by atoms with van der Waals surface area (Å²) in [5, 5.41) is 7.40. The number of rotatable bonds is 6. The Kier molecular flexibility index (Phi) is 5.24. The molecule has 1 amide bonds. The number of nitrogen functional groups attached to an aromatic ring is 1. The van der Waals surface area contributed by atoms with Gasteiger partial charge in [-0.05, 0) is 19.9 Å². The van der Waals surface area contributed by atoms with E-state index in [2.05, 4.69) is 25.3 Å². The molecule has 26 heavy (non-hydrogen) atoms. The second-order valence-electron chi connectivity index (χ2n) is 6.49. The topological polar surface area (TPSA) is 111 Å². The van der Waals surface area contributed by atoms with Crippen LogP contribution in [0.5, 0.6) is 5.88 Å². The van der Waals surface area contributed by atoms with Crippen molar-refractivity contribution in [3.63, 3.8) is 0 Å². The van der Waals surface area contributed by atoms with Crippen LogP contribution in [-0.4, -0.2) is 38.3 Å². The van der Waals surface area contributed by atoms with Crippen LogP contribution in [-0.2, 0) is 24.4 Å². The molecule has 0 atom stereocenters. The molecular formula is C17H25N7O2. The summed E-state index contributed by atoms with van der Waals surface area (Å²) in [5.74, 6) is 1.43. The molecule has 1 aliphatic heterocycles. The first kappa shape index (κ1) is 18.0. The van der Waals surface area contributed by atoms with E-state index in [-0.39, 0.29) is 18.0 Å². The van der Waals surface area contributed by atoms with Crippen LogP contribution >= 0.6 is 0 Å². The van der Waals surface area contributed by atoms with Gasteiger partial charge in [-0.2, -0.15) is 15.1 Å². The summed E-state index contributed by atoms with van der Waals surface area (Å²) in [6.45, 7) is 8.31. The molecule has 3 N–H and O–H groups in total. The third-order valence-electron chi connectivity index (χ3n) is 4.02. The van der Waals surface area contributed by atoms with Gasteiger partial charge in [0.2, 0.25) is 17.7 Å². The number of carbonyl (C=O) groups is 1. The molecule has 0 bridgehead atoms. The Balaban J connectivity index is 1.73. The molecule has 0 aliphatic carbocycles. The zero-order valence-electron chi connectivity index (χ0n) is 15.4. The fourth-order valence-corrected chi connectivity index (χ4v) is 2.82. The number of fused-ring (bicyclic) bond motifs is 1. The monoisotopic (exact) mass is 359 g/mol. The van der Waals surface area contributed by atoms with Crippen LogP contribution in [0.3, 0.4) is 0 Å². The first-order chi connectivity index (χ1) is 12.4. The fourth-order valence-electron chi connectivity index (χ4n) is 2.82. The molecule has 0 fully saturated rings. The van der Waals surface area contributed by atoms with Crippen LogP contribution < -0.4 is 20.7 Å². The molecular weight excluding hydrogens is 334 g/mol. The number of anilines is 2. The number of nitrogens with one attached hydrogen (secondary N) is 1. The van der Waals surface area contributed by atoms with Crippen molar-refractivity contribution in [3.05, 3.63) is 23.5 Å². The fraction of sp³-hybridized carbons (Fsp3) is 0.529. The third kappa shape index (κ3) is 4.22. The van der Waals surface area contributed by atoms with Crippen LogP contribution in [0.4, 0.5) is 11.8 Å². The highest BCUT2D eigenvalue weighted by molar-refractivity contribution is 5.75. The average Bonchev–Trinajstić information content (AvgIpc) is 3.00. The number of hydrogen-bond acceptors (Lipinski definition) is 7. The first-order valence-electron chi connectivity index (χ1n) is 8.83. The van der Waals surface area contributed by atoms with E-state index < -0.39 is 0 Å². The van der Waals surface area contributed by atoms with Crippen LogP contribution in [0, 0.1) is 0 Å². The van der Waals surface area contributed by atoms with E-state index in [9.17, 15) is 4.79 Å². The summed E-state index contributed by atoms with van der Waals surface area (Å²) < 4.78 is 7.62. The van der Waals surface area contributed by atoms with E-state index in [0.29, 0.717) is 25.4 Å². The van der Waals surface area contributed by atoms with E-state index in [1.165, 1.54) is 0 Å². The van der Waals surface area contributed by atoms with Crippen molar-refractivity contribution in [1.82, 2.24) is 25.1 Å². The molecule has 3 heterocycles. The maximum atomic E-state index is 11.4. The summed E-state index contributed by atoms with van der Waals surface area (Å²) in [7, 11) is 0. The van der Waals surface area contributed by atoms with Crippen LogP contribution in [0.1, 0.15) is 38.6 Å². The lowest BCUT2D eigenvalue weighted by atomic mass is 10.2. The Morgan fingerprint density at radius 1 is 1.35 bits per heavy atom. The predicted octanol–water partition coefficient (Wildman–Crippen LogP) is 1.09. The molecule has 2 aromatic rings. The quantitative estimate of drug-likeness (QED) is 0.794. The highest BCUT2D eigenvalue weighted by Gasteiger charge is 2.21. The van der Waals surface area contributed by atoms with Gasteiger partial charge in [0.15, 0.2) is 0 Å². The van der Waals surface area contributed by atoms with Gasteiger partial charge < -0.3 is 20.7 Å². The number of carbonyl (C=O) groups excluding carboxylic acids is 1. The molecule has 3 rings (SSSR count). The van der Waals surface area contributed by atoms with Gasteiger partial charge in [0.1, 0.15) is 5.82 Å². The lowest BCUT2D eigenvalue weighted by Gasteiger charge is -2.28. The molecule has 0 aromatic carbocycles. The van der Waals surface area contributed by atoms with Crippen molar-refractivity contribution in [3.8, 4) is 5.88 Å². The van der Waals surface area contributed by atoms with Crippen molar-refractivity contribution in [2.45, 2.75) is 52.9 Å². The molecule has 0 spiro atoms. The minimum absolute atomic E-state index is 0.0147. The molecule has 9 heteroatoms. The number of hydrogen-bond donors (Lipinski definition) is 2. The summed E-state index contributed by atoms with van der Waals surface area (Å²) in [5.41, 5.74) is 7.76. The lowest BCUT2D eigenvalue weighted by molar-refractivity contribution is -0.120. The summed E-state index contributed by atoms with van der Waals surface area (Å²) >= 11 is 0. The van der Waals surface area contributed by atoms with Gasteiger partial charge in [-0.3, -0.25) is 9.48 Å². The van der Waals surface area contributed by atoms with Crippen LogP contribution in [0.15, 0.2) is 12.1 Å². The summed E-state index contributed by atoms with van der Waals surface area (Å²) in [6, 6.07) is 3.82. The number of aromatic nitrogens is 4. The Morgan fingerprint density at radius 2 is 2.15 bits per heavy atom. The third-order valence-corrected chi connectivity index (χ3v) is 4.02. The zero-order valence-corrected chi connectivity index (χ0v) is 15.4. The van der Waals surface area contributed by atoms with Gasteiger partial charge in [0.05, 0.1) is 37.1 Å². The number of amides is 1. The molecule has 0 radical (unpaired) electrons. The van der Waals surface area contributed by atoms with Gasteiger partial charge >= 0.3 is 0 Å². The van der Waals surface area contributed by atoms with Crippen LogP contribution in [0.25, 0.3) is 0 Å². The van der Waals surface area contributed by atoms with E-state index in [4.69, 9.17) is 10.5 Å². The largest absolute Gasteiger partial charge is 0.475 e. The van der Waals surface area contributed by atoms with E-state index in [0.717, 1.165) is 30.3 Å². The van der Waals surface area contributed by atoms with Crippen molar-refractivity contribution < 1.29 is 9.53 Å². The molecule has 9 nitrogen and oxygen atoms in total. The van der Waals surface area contributed by atoms with E-state index in [1.54, 1.807) is 0 Å². The standard InChI is InChI=1S/C17H25N7O2/c1-4-15(25)19-9-12-7-13-10-23(5-6-24(13)22-12)14-8-16(26-11(2)3)21-17(18)20-14/h7-8,11H,4-6,9-10H2,1-3H3,(H,19,25)(H2,18,20,21). The first-order valence-corrected chi connectivity index (χ1v) is 8.83. The van der Waals surface area contributed by atoms with Crippen molar-refractivity contribution in [2.24, 2.45) is 0 Å². The minimum atomic E-state index is 0.0147. The van der Waals surface area contributed by atoms with Crippen molar-refractivity contribution in [2.75, 3.05) is 17.2 Å². The van der Waals surface area contributed by atoms with E-state index >= 15 is 0 Å². The maximum absolute atomic E-state index is 11.4. The molecule has 2 aromatic heterocycles. The van der Waals surface area contributed by atoms with Crippen molar-refractivity contribution in [1.29, 1.82) is 0 Å². The maximum Gasteiger partial charge on any atom is 0.225 e. The highest BCUT2D eigenvalue weighted by Crippen LogP contribution is 2.24. The second kappa shape index (κ2) is 7.59. The Bertz CT molecular complexity index is 787. The number of ether oxygens (including phenoxy) is 1. The molecule has 0 saturated heterocycles. The molecule has 1 aliphatic rings. The molecule has 0 unspecified atom stereocenters. The minimum Gasteiger partial charge on any atom is -0.475 e. The van der Waals surface area contributed by atoms with Crippen molar-refractivity contribution >= 4 is 17.7 Å². The predicted molar refractivity (Wildman–Crippen MR) is 97.6 cm³/mol. The van der Waals surface area contributed by atoms with Gasteiger partial charge in [0.25, 0.3) is 0 Å². The van der Waals surface area contributed by atoms with Gasteiger partial charge in [-0.25, -0.2) is 0 Å². The molecule has 0 saturated carbocycles. The average molecular weight is 359 g/mol. The smallest absolute Gasteiger partial charge is 0.225 e. The Labute approximate surface area is 152 Å². The Morgan fingerprint density at radius 3 is 2.88 bits per heavy atom. The highest BCUT2D eigenvalue weighted by atomic mass is 16.5. The van der Waals surface area contributed by atoms with E-state index in [1.807, 2.05) is 37.6 Å².